The molecule has 2 amide bonds. The summed E-state index contributed by atoms with van der Waals surface area (Å²) in [6.45, 7) is 4.80. The van der Waals surface area contributed by atoms with E-state index < -0.39 is 0 Å². The number of amides is 2. The molecule has 0 spiro atoms. The van der Waals surface area contributed by atoms with Crippen LogP contribution < -0.4 is 10.6 Å². The summed E-state index contributed by atoms with van der Waals surface area (Å²) in [5.41, 5.74) is 1.08. The number of nitrogens with one attached hydrogen (secondary N) is 2. The number of benzene rings is 1. The van der Waals surface area contributed by atoms with E-state index in [4.69, 9.17) is 0 Å². The molecule has 0 radical (unpaired) electrons. The molecule has 2 N–H and O–H groups in total. The van der Waals surface area contributed by atoms with Crippen LogP contribution in [0.15, 0.2) is 28.7 Å². The average molecular weight is 299 g/mol. The quantitative estimate of drug-likeness (QED) is 0.801. The van der Waals surface area contributed by atoms with Gasteiger partial charge >= 0.3 is 6.03 Å². The van der Waals surface area contributed by atoms with Crippen molar-refractivity contribution in [1.29, 1.82) is 0 Å². The van der Waals surface area contributed by atoms with E-state index >= 15 is 0 Å². The molecule has 0 aliphatic heterocycles. The maximum absolute atomic E-state index is 11.6. The van der Waals surface area contributed by atoms with Crippen LogP contribution in [-0.4, -0.2) is 12.6 Å². The first-order valence-electron chi connectivity index (χ1n) is 5.94. The van der Waals surface area contributed by atoms with Crippen LogP contribution in [0.25, 0.3) is 0 Å². The highest BCUT2D eigenvalue weighted by molar-refractivity contribution is 9.10. The summed E-state index contributed by atoms with van der Waals surface area (Å²) >= 11 is 3.48. The van der Waals surface area contributed by atoms with Crippen LogP contribution in [0.2, 0.25) is 0 Å². The zero-order valence-electron chi connectivity index (χ0n) is 10.3. The van der Waals surface area contributed by atoms with E-state index in [1.54, 1.807) is 0 Å². The van der Waals surface area contributed by atoms with Crippen LogP contribution in [0.3, 0.4) is 0 Å². The van der Waals surface area contributed by atoms with Crippen molar-refractivity contribution in [2.45, 2.75) is 32.7 Å². The highest BCUT2D eigenvalue weighted by Gasteiger charge is 2.10. The second kappa shape index (κ2) is 7.33. The number of hydrogen-bond donors (Lipinski definition) is 2. The predicted molar refractivity (Wildman–Crippen MR) is 74.0 cm³/mol. The summed E-state index contributed by atoms with van der Waals surface area (Å²) in [4.78, 5) is 11.6. The van der Waals surface area contributed by atoms with Crippen molar-refractivity contribution in [1.82, 2.24) is 10.6 Å². The summed E-state index contributed by atoms with van der Waals surface area (Å²) in [7, 11) is 0. The van der Waals surface area contributed by atoms with Crippen molar-refractivity contribution < 1.29 is 4.79 Å². The molecule has 0 saturated carbocycles. The molecule has 1 rings (SSSR count). The van der Waals surface area contributed by atoms with E-state index in [1.165, 1.54) is 0 Å². The third-order valence-corrected chi connectivity index (χ3v) is 3.26. The van der Waals surface area contributed by atoms with Crippen LogP contribution in [0.4, 0.5) is 4.79 Å². The van der Waals surface area contributed by atoms with Gasteiger partial charge in [0.15, 0.2) is 0 Å². The molecule has 1 atom stereocenters. The van der Waals surface area contributed by atoms with Crippen LogP contribution in [0.5, 0.6) is 0 Å². The van der Waals surface area contributed by atoms with Gasteiger partial charge in [0.25, 0.3) is 0 Å². The molecule has 1 unspecified atom stereocenters. The van der Waals surface area contributed by atoms with Crippen molar-refractivity contribution in [2.24, 2.45) is 0 Å². The van der Waals surface area contributed by atoms with Gasteiger partial charge in [0.05, 0.1) is 6.04 Å². The zero-order valence-corrected chi connectivity index (χ0v) is 11.9. The van der Waals surface area contributed by atoms with Crippen molar-refractivity contribution in [2.75, 3.05) is 6.54 Å². The Balaban J connectivity index is 2.46. The Morgan fingerprint density at radius 1 is 1.41 bits per heavy atom. The SMILES string of the molecule is CCCCNC(=O)NC(C)c1ccccc1Br. The summed E-state index contributed by atoms with van der Waals surface area (Å²) < 4.78 is 1.02. The summed E-state index contributed by atoms with van der Waals surface area (Å²) in [6, 6.07) is 7.78. The van der Waals surface area contributed by atoms with E-state index in [0.29, 0.717) is 0 Å². The molecule has 17 heavy (non-hydrogen) atoms. The van der Waals surface area contributed by atoms with Gasteiger partial charge in [-0.1, -0.05) is 47.5 Å². The van der Waals surface area contributed by atoms with Crippen LogP contribution in [0, 0.1) is 0 Å². The molecular weight excluding hydrogens is 280 g/mol. The minimum absolute atomic E-state index is 0.00722. The molecule has 0 aromatic heterocycles. The van der Waals surface area contributed by atoms with Gasteiger partial charge in [-0.3, -0.25) is 0 Å². The standard InChI is InChI=1S/C13H19BrN2O/c1-3-4-9-15-13(17)16-10(2)11-7-5-6-8-12(11)14/h5-8,10H,3-4,9H2,1-2H3,(H2,15,16,17). The summed E-state index contributed by atoms with van der Waals surface area (Å²) in [5, 5.41) is 5.75. The lowest BCUT2D eigenvalue weighted by Crippen LogP contribution is -2.37. The summed E-state index contributed by atoms with van der Waals surface area (Å²) in [5.74, 6) is 0. The fourth-order valence-corrected chi connectivity index (χ4v) is 2.16. The van der Waals surface area contributed by atoms with Crippen molar-refractivity contribution in [3.05, 3.63) is 34.3 Å². The molecule has 1 aromatic rings. The second-order valence-electron chi connectivity index (χ2n) is 4.00. The number of carbonyl (C=O) groups excluding carboxylic acids is 1. The monoisotopic (exact) mass is 298 g/mol. The van der Waals surface area contributed by atoms with E-state index in [1.807, 2.05) is 31.2 Å². The van der Waals surface area contributed by atoms with Gasteiger partial charge in [-0.05, 0) is 25.0 Å². The first kappa shape index (κ1) is 14.0. The number of unbranched alkanes of at least 4 members (excludes halogenated alkanes) is 1. The lowest BCUT2D eigenvalue weighted by atomic mass is 10.1. The average Bonchev–Trinajstić information content (AvgIpc) is 2.29. The largest absolute Gasteiger partial charge is 0.338 e. The first-order chi connectivity index (χ1) is 8.15. The van der Waals surface area contributed by atoms with Gasteiger partial charge in [0.2, 0.25) is 0 Å². The molecule has 3 nitrogen and oxygen atoms in total. The van der Waals surface area contributed by atoms with Gasteiger partial charge < -0.3 is 10.6 Å². The number of rotatable bonds is 5. The highest BCUT2D eigenvalue weighted by Crippen LogP contribution is 2.22. The van der Waals surface area contributed by atoms with Gasteiger partial charge in [0, 0.05) is 11.0 Å². The lowest BCUT2D eigenvalue weighted by Gasteiger charge is -2.16. The van der Waals surface area contributed by atoms with Crippen LogP contribution in [-0.2, 0) is 0 Å². The van der Waals surface area contributed by atoms with Gasteiger partial charge in [0.1, 0.15) is 0 Å². The van der Waals surface area contributed by atoms with Gasteiger partial charge in [-0.2, -0.15) is 0 Å². The molecule has 0 aliphatic carbocycles. The normalized spacial score (nSPS) is 11.9. The summed E-state index contributed by atoms with van der Waals surface area (Å²) in [6.07, 6.45) is 2.09. The van der Waals surface area contributed by atoms with Crippen LogP contribution in [0.1, 0.15) is 38.3 Å². The third kappa shape index (κ3) is 4.77. The Kier molecular flexibility index (Phi) is 6.05. The fourth-order valence-electron chi connectivity index (χ4n) is 1.53. The Hall–Kier alpha value is -1.03. The Labute approximate surface area is 111 Å². The lowest BCUT2D eigenvalue weighted by molar-refractivity contribution is 0.237. The third-order valence-electron chi connectivity index (χ3n) is 2.54. The Morgan fingerprint density at radius 3 is 2.76 bits per heavy atom. The maximum Gasteiger partial charge on any atom is 0.315 e. The van der Waals surface area contributed by atoms with Crippen molar-refractivity contribution in [3.8, 4) is 0 Å². The number of halogens is 1. The Bertz CT molecular complexity index is 368. The van der Waals surface area contributed by atoms with Gasteiger partial charge in [-0.15, -0.1) is 0 Å². The van der Waals surface area contributed by atoms with Crippen molar-refractivity contribution in [3.63, 3.8) is 0 Å². The molecule has 0 fully saturated rings. The predicted octanol–water partition coefficient (Wildman–Crippen LogP) is 3.61. The molecule has 0 heterocycles. The second-order valence-corrected chi connectivity index (χ2v) is 4.85. The topological polar surface area (TPSA) is 41.1 Å². The zero-order chi connectivity index (χ0) is 12.7. The van der Waals surface area contributed by atoms with E-state index in [-0.39, 0.29) is 12.1 Å². The number of carbonyl (C=O) groups is 1. The molecule has 0 aliphatic rings. The minimum Gasteiger partial charge on any atom is -0.338 e. The number of urea groups is 1. The molecular formula is C13H19BrN2O. The van der Waals surface area contributed by atoms with E-state index in [9.17, 15) is 4.79 Å². The molecule has 4 heteroatoms. The minimum atomic E-state index is -0.110. The molecule has 0 bridgehead atoms. The fraction of sp³-hybridized carbons (Fsp3) is 0.462. The molecule has 0 saturated heterocycles. The molecule has 94 valence electrons. The van der Waals surface area contributed by atoms with Crippen molar-refractivity contribution >= 4 is 22.0 Å². The maximum atomic E-state index is 11.6. The first-order valence-corrected chi connectivity index (χ1v) is 6.73. The number of hydrogen-bond acceptors (Lipinski definition) is 1. The van der Waals surface area contributed by atoms with Gasteiger partial charge in [-0.25, -0.2) is 4.79 Å². The highest BCUT2D eigenvalue weighted by atomic mass is 79.9. The molecule has 1 aromatic carbocycles. The Morgan fingerprint density at radius 2 is 2.12 bits per heavy atom. The van der Waals surface area contributed by atoms with E-state index in [0.717, 1.165) is 29.4 Å². The van der Waals surface area contributed by atoms with E-state index in [2.05, 4.69) is 33.5 Å². The smallest absolute Gasteiger partial charge is 0.315 e. The van der Waals surface area contributed by atoms with Crippen LogP contribution >= 0.6 is 15.9 Å².